The normalized spacial score (nSPS) is 20.1. The SMILES string of the molecule is CN[C@@H]1c2cccc3c2n(c(=O)n3Cc2ccccc2)CC1O. The maximum absolute atomic E-state index is 12.8. The van der Waals surface area contributed by atoms with Crippen molar-refractivity contribution in [3.63, 3.8) is 0 Å². The molecule has 118 valence electrons. The second-order valence-corrected chi connectivity index (χ2v) is 6.01. The molecule has 3 aromatic rings. The van der Waals surface area contributed by atoms with E-state index in [1.54, 1.807) is 9.13 Å². The van der Waals surface area contributed by atoms with E-state index in [1.807, 2.05) is 55.6 Å². The Labute approximate surface area is 133 Å². The van der Waals surface area contributed by atoms with Crippen molar-refractivity contribution in [1.82, 2.24) is 14.5 Å². The number of nitrogens with zero attached hydrogens (tertiary/aromatic N) is 2. The molecule has 1 unspecified atom stereocenters. The van der Waals surface area contributed by atoms with Gasteiger partial charge in [-0.25, -0.2) is 4.79 Å². The van der Waals surface area contributed by atoms with Gasteiger partial charge in [0.1, 0.15) is 0 Å². The number of aliphatic hydroxyl groups is 1. The molecule has 2 N–H and O–H groups in total. The fourth-order valence-corrected chi connectivity index (χ4v) is 3.59. The van der Waals surface area contributed by atoms with Crippen molar-refractivity contribution in [1.29, 1.82) is 0 Å². The summed E-state index contributed by atoms with van der Waals surface area (Å²) < 4.78 is 3.49. The van der Waals surface area contributed by atoms with Crippen molar-refractivity contribution < 1.29 is 5.11 Å². The predicted molar refractivity (Wildman–Crippen MR) is 89.5 cm³/mol. The summed E-state index contributed by atoms with van der Waals surface area (Å²) in [6.45, 7) is 0.854. The van der Waals surface area contributed by atoms with Gasteiger partial charge in [0.25, 0.3) is 0 Å². The van der Waals surface area contributed by atoms with Crippen molar-refractivity contribution in [2.45, 2.75) is 25.2 Å². The molecular weight excluding hydrogens is 290 g/mol. The molecule has 0 saturated heterocycles. The molecule has 0 radical (unpaired) electrons. The maximum atomic E-state index is 12.8. The zero-order chi connectivity index (χ0) is 16.0. The average molecular weight is 309 g/mol. The summed E-state index contributed by atoms with van der Waals surface area (Å²) in [5.41, 5.74) is 3.85. The van der Waals surface area contributed by atoms with Crippen molar-refractivity contribution >= 4 is 11.0 Å². The van der Waals surface area contributed by atoms with E-state index in [9.17, 15) is 9.90 Å². The molecule has 0 fully saturated rings. The van der Waals surface area contributed by atoms with Gasteiger partial charge in [-0.3, -0.25) is 9.13 Å². The molecule has 0 saturated carbocycles. The number of hydrogen-bond donors (Lipinski definition) is 2. The highest BCUT2D eigenvalue weighted by Gasteiger charge is 2.31. The number of likely N-dealkylation sites (N-methyl/N-ethyl adjacent to an activating group) is 1. The van der Waals surface area contributed by atoms with E-state index in [0.717, 1.165) is 22.2 Å². The zero-order valence-corrected chi connectivity index (χ0v) is 12.9. The van der Waals surface area contributed by atoms with Crippen molar-refractivity contribution in [3.8, 4) is 0 Å². The van der Waals surface area contributed by atoms with E-state index in [-0.39, 0.29) is 11.7 Å². The number of aliphatic hydroxyl groups excluding tert-OH is 1. The summed E-state index contributed by atoms with van der Waals surface area (Å²) in [6, 6.07) is 15.7. The third-order valence-electron chi connectivity index (χ3n) is 4.65. The van der Waals surface area contributed by atoms with Crippen LogP contribution in [0.5, 0.6) is 0 Å². The molecule has 1 aliphatic heterocycles. The van der Waals surface area contributed by atoms with E-state index in [0.29, 0.717) is 13.1 Å². The maximum Gasteiger partial charge on any atom is 0.329 e. The van der Waals surface area contributed by atoms with Crippen LogP contribution in [0.25, 0.3) is 11.0 Å². The quantitative estimate of drug-likeness (QED) is 0.770. The van der Waals surface area contributed by atoms with E-state index in [1.165, 1.54) is 0 Å². The van der Waals surface area contributed by atoms with Gasteiger partial charge in [0.05, 0.1) is 36.3 Å². The van der Waals surface area contributed by atoms with Crippen LogP contribution >= 0.6 is 0 Å². The Balaban J connectivity index is 1.94. The van der Waals surface area contributed by atoms with Gasteiger partial charge >= 0.3 is 5.69 Å². The first-order chi connectivity index (χ1) is 11.2. The molecule has 0 spiro atoms. The number of aromatic nitrogens is 2. The molecule has 0 aliphatic carbocycles. The zero-order valence-electron chi connectivity index (χ0n) is 12.9. The lowest BCUT2D eigenvalue weighted by atomic mass is 9.96. The fourth-order valence-electron chi connectivity index (χ4n) is 3.59. The van der Waals surface area contributed by atoms with Crippen LogP contribution in [0.2, 0.25) is 0 Å². The van der Waals surface area contributed by atoms with Crippen molar-refractivity contribution in [2.24, 2.45) is 0 Å². The molecule has 5 nitrogen and oxygen atoms in total. The van der Waals surface area contributed by atoms with Crippen LogP contribution < -0.4 is 11.0 Å². The first kappa shape index (κ1) is 14.2. The van der Waals surface area contributed by atoms with Crippen LogP contribution in [0.1, 0.15) is 17.2 Å². The lowest BCUT2D eigenvalue weighted by Crippen LogP contribution is -2.39. The summed E-state index contributed by atoms with van der Waals surface area (Å²) in [5, 5.41) is 13.5. The van der Waals surface area contributed by atoms with Gasteiger partial charge in [0, 0.05) is 0 Å². The molecular formula is C18H19N3O2. The predicted octanol–water partition coefficient (Wildman–Crippen LogP) is 1.49. The molecule has 2 atom stereocenters. The molecule has 2 aromatic carbocycles. The highest BCUT2D eigenvalue weighted by atomic mass is 16.3. The molecule has 2 heterocycles. The number of nitrogens with one attached hydrogen (secondary N) is 1. The summed E-state index contributed by atoms with van der Waals surface area (Å²) >= 11 is 0. The monoisotopic (exact) mass is 309 g/mol. The molecule has 5 heteroatoms. The topological polar surface area (TPSA) is 59.2 Å². The highest BCUT2D eigenvalue weighted by molar-refractivity contribution is 5.81. The van der Waals surface area contributed by atoms with Gasteiger partial charge in [-0.15, -0.1) is 0 Å². The second-order valence-electron chi connectivity index (χ2n) is 6.01. The Kier molecular flexibility index (Phi) is 3.32. The van der Waals surface area contributed by atoms with Crippen LogP contribution in [0.15, 0.2) is 53.3 Å². The molecule has 23 heavy (non-hydrogen) atoms. The minimum absolute atomic E-state index is 0.0649. The molecule has 1 aliphatic rings. The van der Waals surface area contributed by atoms with E-state index in [2.05, 4.69) is 5.32 Å². The Morgan fingerprint density at radius 2 is 1.96 bits per heavy atom. The molecule has 0 amide bonds. The first-order valence-electron chi connectivity index (χ1n) is 7.82. The largest absolute Gasteiger partial charge is 0.389 e. The third-order valence-corrected chi connectivity index (χ3v) is 4.65. The first-order valence-corrected chi connectivity index (χ1v) is 7.82. The van der Waals surface area contributed by atoms with Crippen molar-refractivity contribution in [3.05, 3.63) is 70.1 Å². The molecule has 0 bridgehead atoms. The Bertz CT molecular complexity index is 911. The van der Waals surface area contributed by atoms with Gasteiger partial charge in [0.15, 0.2) is 0 Å². The van der Waals surface area contributed by atoms with Crippen molar-refractivity contribution in [2.75, 3.05) is 7.05 Å². The van der Waals surface area contributed by atoms with Crippen LogP contribution in [0.3, 0.4) is 0 Å². The lowest BCUT2D eigenvalue weighted by molar-refractivity contribution is 0.107. The minimum atomic E-state index is -0.608. The Morgan fingerprint density at radius 1 is 1.17 bits per heavy atom. The highest BCUT2D eigenvalue weighted by Crippen LogP contribution is 2.31. The average Bonchev–Trinajstić information content (AvgIpc) is 2.83. The van der Waals surface area contributed by atoms with E-state index < -0.39 is 6.10 Å². The summed E-state index contributed by atoms with van der Waals surface area (Å²) in [5.74, 6) is 0. The van der Waals surface area contributed by atoms with E-state index >= 15 is 0 Å². The van der Waals surface area contributed by atoms with Gasteiger partial charge in [0.2, 0.25) is 0 Å². The van der Waals surface area contributed by atoms with Crippen LogP contribution in [-0.4, -0.2) is 27.4 Å². The minimum Gasteiger partial charge on any atom is -0.389 e. The smallest absolute Gasteiger partial charge is 0.329 e. The number of benzene rings is 2. The number of hydrogen-bond acceptors (Lipinski definition) is 3. The summed E-state index contributed by atoms with van der Waals surface area (Å²) in [4.78, 5) is 12.8. The van der Waals surface area contributed by atoms with Gasteiger partial charge in [-0.1, -0.05) is 42.5 Å². The second kappa shape index (κ2) is 5.37. The van der Waals surface area contributed by atoms with Crippen LogP contribution in [-0.2, 0) is 13.1 Å². The molecule has 1 aromatic heterocycles. The number of imidazole rings is 1. The standard InChI is InChI=1S/C18H19N3O2/c1-19-16-13-8-5-9-14-17(13)21(11-15(16)22)18(23)20(14)10-12-6-3-2-4-7-12/h2-9,15-16,19,22H,10-11H2,1H3/t15?,16-/m1/s1. The summed E-state index contributed by atoms with van der Waals surface area (Å²) in [6.07, 6.45) is -0.608. The van der Waals surface area contributed by atoms with E-state index in [4.69, 9.17) is 0 Å². The van der Waals surface area contributed by atoms with Crippen LogP contribution in [0.4, 0.5) is 0 Å². The van der Waals surface area contributed by atoms with Gasteiger partial charge < -0.3 is 10.4 Å². The van der Waals surface area contributed by atoms with Gasteiger partial charge in [-0.05, 0) is 24.2 Å². The Hall–Kier alpha value is -2.37. The summed E-state index contributed by atoms with van der Waals surface area (Å²) in [7, 11) is 1.83. The number of para-hydroxylation sites is 1. The third kappa shape index (κ3) is 2.12. The number of rotatable bonds is 3. The lowest BCUT2D eigenvalue weighted by Gasteiger charge is -2.28. The molecule has 4 rings (SSSR count). The fraction of sp³-hybridized carbons (Fsp3) is 0.278. The Morgan fingerprint density at radius 3 is 2.70 bits per heavy atom. The van der Waals surface area contributed by atoms with Crippen LogP contribution in [0, 0.1) is 0 Å². The van der Waals surface area contributed by atoms with Gasteiger partial charge in [-0.2, -0.15) is 0 Å².